The standard InChI is InChI=1S/C11H18N2O2/c1-3-6-13(7-4-2)11(14)10-9-12-5-8-15-10/h3-4,10,12H,1-2,5-9H2/t10-/m0/s1. The number of carbonyl (C=O) groups is 1. The van der Waals surface area contributed by atoms with Crippen molar-refractivity contribution in [2.24, 2.45) is 0 Å². The molecule has 0 unspecified atom stereocenters. The van der Waals surface area contributed by atoms with Gasteiger partial charge in [-0.25, -0.2) is 0 Å². The fraction of sp³-hybridized carbons (Fsp3) is 0.545. The molecule has 0 aromatic rings. The Morgan fingerprint density at radius 2 is 2.13 bits per heavy atom. The largest absolute Gasteiger partial charge is 0.366 e. The lowest BCUT2D eigenvalue weighted by molar-refractivity contribution is -0.144. The number of hydrogen-bond acceptors (Lipinski definition) is 3. The minimum absolute atomic E-state index is 0.00185. The number of nitrogens with zero attached hydrogens (tertiary/aromatic N) is 1. The summed E-state index contributed by atoms with van der Waals surface area (Å²) in [5.41, 5.74) is 0. The highest BCUT2D eigenvalue weighted by Gasteiger charge is 2.25. The summed E-state index contributed by atoms with van der Waals surface area (Å²) in [5.74, 6) is 0.00185. The summed E-state index contributed by atoms with van der Waals surface area (Å²) >= 11 is 0. The molecule has 1 aliphatic rings. The van der Waals surface area contributed by atoms with E-state index in [1.165, 1.54) is 0 Å². The molecular weight excluding hydrogens is 192 g/mol. The quantitative estimate of drug-likeness (QED) is 0.658. The number of morpholine rings is 1. The van der Waals surface area contributed by atoms with Crippen LogP contribution in [0.3, 0.4) is 0 Å². The molecule has 1 saturated heterocycles. The van der Waals surface area contributed by atoms with Crippen molar-refractivity contribution in [1.29, 1.82) is 0 Å². The highest BCUT2D eigenvalue weighted by Crippen LogP contribution is 2.02. The van der Waals surface area contributed by atoms with Crippen molar-refractivity contribution in [1.82, 2.24) is 10.2 Å². The van der Waals surface area contributed by atoms with Gasteiger partial charge in [0.05, 0.1) is 6.61 Å². The summed E-state index contributed by atoms with van der Waals surface area (Å²) in [7, 11) is 0. The van der Waals surface area contributed by atoms with E-state index in [0.717, 1.165) is 6.54 Å². The first-order chi connectivity index (χ1) is 7.29. The van der Waals surface area contributed by atoms with Crippen LogP contribution in [0.25, 0.3) is 0 Å². The molecule has 15 heavy (non-hydrogen) atoms. The highest BCUT2D eigenvalue weighted by atomic mass is 16.5. The maximum atomic E-state index is 11.9. The molecular formula is C11H18N2O2. The third-order valence-electron chi connectivity index (χ3n) is 2.21. The number of nitrogens with one attached hydrogen (secondary N) is 1. The fourth-order valence-electron chi connectivity index (χ4n) is 1.49. The van der Waals surface area contributed by atoms with Crippen LogP contribution in [-0.2, 0) is 9.53 Å². The molecule has 1 rings (SSSR count). The van der Waals surface area contributed by atoms with Crippen LogP contribution in [-0.4, -0.2) is 49.7 Å². The van der Waals surface area contributed by atoms with Crippen LogP contribution in [0.5, 0.6) is 0 Å². The van der Waals surface area contributed by atoms with Gasteiger partial charge in [0.15, 0.2) is 0 Å². The Kier molecular flexibility index (Phi) is 5.07. The summed E-state index contributed by atoms with van der Waals surface area (Å²) in [6, 6.07) is 0. The Hall–Kier alpha value is -1.13. The molecule has 1 N–H and O–H groups in total. The first-order valence-corrected chi connectivity index (χ1v) is 5.12. The number of hydrogen-bond donors (Lipinski definition) is 1. The van der Waals surface area contributed by atoms with Gasteiger partial charge >= 0.3 is 0 Å². The minimum atomic E-state index is -0.362. The van der Waals surface area contributed by atoms with Crippen LogP contribution in [0.2, 0.25) is 0 Å². The Morgan fingerprint density at radius 1 is 1.47 bits per heavy atom. The molecule has 4 heteroatoms. The Morgan fingerprint density at radius 3 is 2.60 bits per heavy atom. The predicted octanol–water partition coefficient (Wildman–Crippen LogP) is 0.175. The number of amides is 1. The van der Waals surface area contributed by atoms with Gasteiger partial charge in [-0.05, 0) is 0 Å². The van der Waals surface area contributed by atoms with E-state index in [0.29, 0.717) is 26.2 Å². The topological polar surface area (TPSA) is 41.6 Å². The first kappa shape index (κ1) is 11.9. The molecule has 1 aliphatic heterocycles. The number of ether oxygens (including phenoxy) is 1. The Labute approximate surface area is 90.6 Å². The van der Waals surface area contributed by atoms with E-state index in [4.69, 9.17) is 4.74 Å². The van der Waals surface area contributed by atoms with E-state index in [2.05, 4.69) is 18.5 Å². The average molecular weight is 210 g/mol. The van der Waals surface area contributed by atoms with E-state index >= 15 is 0 Å². The van der Waals surface area contributed by atoms with Crippen molar-refractivity contribution in [2.75, 3.05) is 32.8 Å². The normalized spacial score (nSPS) is 20.7. The smallest absolute Gasteiger partial charge is 0.253 e. The second kappa shape index (κ2) is 6.37. The molecule has 0 aromatic heterocycles. The molecule has 1 fully saturated rings. The van der Waals surface area contributed by atoms with E-state index in [1.54, 1.807) is 17.1 Å². The van der Waals surface area contributed by atoms with Gasteiger partial charge in [0, 0.05) is 26.2 Å². The van der Waals surface area contributed by atoms with Crippen molar-refractivity contribution >= 4 is 5.91 Å². The molecule has 1 heterocycles. The van der Waals surface area contributed by atoms with Crippen molar-refractivity contribution in [2.45, 2.75) is 6.10 Å². The van der Waals surface area contributed by atoms with Crippen LogP contribution < -0.4 is 5.32 Å². The lowest BCUT2D eigenvalue weighted by atomic mass is 10.2. The molecule has 0 saturated carbocycles. The molecule has 84 valence electrons. The Balaban J connectivity index is 2.52. The number of rotatable bonds is 5. The molecule has 0 spiro atoms. The summed E-state index contributed by atoms with van der Waals surface area (Å²) < 4.78 is 5.39. The van der Waals surface area contributed by atoms with Crippen LogP contribution >= 0.6 is 0 Å². The molecule has 1 amide bonds. The predicted molar refractivity (Wildman–Crippen MR) is 59.6 cm³/mol. The maximum absolute atomic E-state index is 11.9. The minimum Gasteiger partial charge on any atom is -0.366 e. The van der Waals surface area contributed by atoms with Gasteiger partial charge in [-0.2, -0.15) is 0 Å². The molecule has 0 radical (unpaired) electrons. The van der Waals surface area contributed by atoms with Crippen LogP contribution in [0.15, 0.2) is 25.3 Å². The molecule has 0 bridgehead atoms. The lowest BCUT2D eigenvalue weighted by Gasteiger charge is -2.28. The summed E-state index contributed by atoms with van der Waals surface area (Å²) in [6.45, 7) is 10.3. The summed E-state index contributed by atoms with van der Waals surface area (Å²) in [4.78, 5) is 13.6. The van der Waals surface area contributed by atoms with Gasteiger partial charge in [-0.15, -0.1) is 13.2 Å². The van der Waals surface area contributed by atoms with Gasteiger partial charge in [-0.1, -0.05) is 12.2 Å². The highest BCUT2D eigenvalue weighted by molar-refractivity contribution is 5.81. The van der Waals surface area contributed by atoms with E-state index in [1.807, 2.05) is 0 Å². The van der Waals surface area contributed by atoms with Crippen LogP contribution in [0.1, 0.15) is 0 Å². The van der Waals surface area contributed by atoms with Gasteiger partial charge in [0.2, 0.25) is 0 Å². The zero-order chi connectivity index (χ0) is 11.1. The second-order valence-electron chi connectivity index (χ2n) is 3.38. The lowest BCUT2D eigenvalue weighted by Crippen LogP contribution is -2.49. The van der Waals surface area contributed by atoms with Gasteiger partial charge in [-0.3, -0.25) is 4.79 Å². The second-order valence-corrected chi connectivity index (χ2v) is 3.38. The fourth-order valence-corrected chi connectivity index (χ4v) is 1.49. The zero-order valence-electron chi connectivity index (χ0n) is 8.95. The molecule has 4 nitrogen and oxygen atoms in total. The third-order valence-corrected chi connectivity index (χ3v) is 2.21. The monoisotopic (exact) mass is 210 g/mol. The third kappa shape index (κ3) is 3.49. The maximum Gasteiger partial charge on any atom is 0.253 e. The SMILES string of the molecule is C=CCN(CC=C)C(=O)[C@@H]1CNCCO1. The summed E-state index contributed by atoms with van der Waals surface area (Å²) in [5, 5.41) is 3.13. The van der Waals surface area contributed by atoms with E-state index in [-0.39, 0.29) is 12.0 Å². The van der Waals surface area contributed by atoms with Crippen molar-refractivity contribution < 1.29 is 9.53 Å². The average Bonchev–Trinajstić information content (AvgIpc) is 2.29. The van der Waals surface area contributed by atoms with E-state index < -0.39 is 0 Å². The first-order valence-electron chi connectivity index (χ1n) is 5.12. The van der Waals surface area contributed by atoms with Crippen molar-refractivity contribution in [3.8, 4) is 0 Å². The van der Waals surface area contributed by atoms with Crippen molar-refractivity contribution in [3.05, 3.63) is 25.3 Å². The van der Waals surface area contributed by atoms with Crippen LogP contribution in [0.4, 0.5) is 0 Å². The van der Waals surface area contributed by atoms with Gasteiger partial charge in [0.25, 0.3) is 5.91 Å². The van der Waals surface area contributed by atoms with E-state index in [9.17, 15) is 4.79 Å². The molecule has 0 aliphatic carbocycles. The molecule has 0 aromatic carbocycles. The van der Waals surface area contributed by atoms with Crippen molar-refractivity contribution in [3.63, 3.8) is 0 Å². The number of carbonyl (C=O) groups excluding carboxylic acids is 1. The van der Waals surface area contributed by atoms with Crippen LogP contribution in [0, 0.1) is 0 Å². The zero-order valence-corrected chi connectivity index (χ0v) is 8.95. The molecule has 1 atom stereocenters. The van der Waals surface area contributed by atoms with Gasteiger partial charge < -0.3 is 15.0 Å². The summed E-state index contributed by atoms with van der Waals surface area (Å²) in [6.07, 6.45) is 3.05. The Bertz CT molecular complexity index is 225. The van der Waals surface area contributed by atoms with Gasteiger partial charge in [0.1, 0.15) is 6.10 Å².